The second-order valence-electron chi connectivity index (χ2n) is 5.27. The average molecular weight is 338 g/mol. The van der Waals surface area contributed by atoms with Gasteiger partial charge in [0.2, 0.25) is 5.28 Å². The van der Waals surface area contributed by atoms with Gasteiger partial charge in [0.25, 0.3) is 5.91 Å². The first-order chi connectivity index (χ1) is 10.9. The van der Waals surface area contributed by atoms with Crippen molar-refractivity contribution in [2.24, 2.45) is 0 Å². The highest BCUT2D eigenvalue weighted by Gasteiger charge is 2.19. The van der Waals surface area contributed by atoms with Gasteiger partial charge in [0.15, 0.2) is 12.1 Å². The molecule has 0 aliphatic heterocycles. The van der Waals surface area contributed by atoms with Crippen LogP contribution in [0.5, 0.6) is 0 Å². The third-order valence-electron chi connectivity index (χ3n) is 3.56. The van der Waals surface area contributed by atoms with Gasteiger partial charge in [0.1, 0.15) is 11.6 Å². The number of oxazole rings is 1. The smallest absolute Gasteiger partial charge is 0.275 e. The SMILES string of the molecule is CCc1ocnc1C(=O)N(C)CCN(C)c1nc(Cl)ncc1C. The van der Waals surface area contributed by atoms with Crippen LogP contribution in [0, 0.1) is 6.92 Å². The van der Waals surface area contributed by atoms with Crippen molar-refractivity contribution in [3.8, 4) is 0 Å². The van der Waals surface area contributed by atoms with Gasteiger partial charge < -0.3 is 14.2 Å². The maximum Gasteiger partial charge on any atom is 0.275 e. The molecule has 8 heteroatoms. The number of nitrogens with zero attached hydrogens (tertiary/aromatic N) is 5. The molecule has 0 unspecified atom stereocenters. The molecule has 0 aliphatic carbocycles. The minimum Gasteiger partial charge on any atom is -0.448 e. The van der Waals surface area contributed by atoms with Gasteiger partial charge in [-0.3, -0.25) is 4.79 Å². The minimum absolute atomic E-state index is 0.151. The highest BCUT2D eigenvalue weighted by molar-refractivity contribution is 6.28. The van der Waals surface area contributed by atoms with Crippen LogP contribution < -0.4 is 4.90 Å². The Bertz CT molecular complexity index is 688. The molecule has 2 aromatic heterocycles. The standard InChI is InChI=1S/C15H20ClN5O2/c1-5-11-12(18-9-23-11)14(22)21(4)7-6-20(3)13-10(2)8-17-15(16)19-13/h8-9H,5-7H2,1-4H3. The van der Waals surface area contributed by atoms with Crippen LogP contribution in [0.1, 0.15) is 28.7 Å². The lowest BCUT2D eigenvalue weighted by molar-refractivity contribution is 0.0791. The van der Waals surface area contributed by atoms with E-state index in [0.717, 1.165) is 11.4 Å². The molecule has 0 aliphatic rings. The van der Waals surface area contributed by atoms with Crippen molar-refractivity contribution in [1.82, 2.24) is 19.9 Å². The monoisotopic (exact) mass is 337 g/mol. The summed E-state index contributed by atoms with van der Waals surface area (Å²) < 4.78 is 5.21. The molecule has 0 N–H and O–H groups in total. The van der Waals surface area contributed by atoms with Crippen LogP contribution in [0.15, 0.2) is 17.0 Å². The molecule has 0 bridgehead atoms. The van der Waals surface area contributed by atoms with Crippen LogP contribution in [0.25, 0.3) is 0 Å². The van der Waals surface area contributed by atoms with Crippen LogP contribution in [-0.4, -0.2) is 52.9 Å². The summed E-state index contributed by atoms with van der Waals surface area (Å²) in [7, 11) is 3.64. The molecule has 2 aromatic rings. The van der Waals surface area contributed by atoms with E-state index in [-0.39, 0.29) is 11.2 Å². The molecule has 23 heavy (non-hydrogen) atoms. The number of aryl methyl sites for hydroxylation is 2. The summed E-state index contributed by atoms with van der Waals surface area (Å²) in [6, 6.07) is 0. The number of halogens is 1. The second-order valence-corrected chi connectivity index (χ2v) is 5.61. The van der Waals surface area contributed by atoms with Crippen LogP contribution in [-0.2, 0) is 6.42 Å². The number of hydrogen-bond donors (Lipinski definition) is 0. The quantitative estimate of drug-likeness (QED) is 0.752. The Labute approximate surface area is 140 Å². The zero-order chi connectivity index (χ0) is 17.0. The fourth-order valence-corrected chi connectivity index (χ4v) is 2.31. The van der Waals surface area contributed by atoms with Crippen molar-refractivity contribution in [1.29, 1.82) is 0 Å². The van der Waals surface area contributed by atoms with Crippen molar-refractivity contribution >= 4 is 23.3 Å². The van der Waals surface area contributed by atoms with Crippen LogP contribution in [0.2, 0.25) is 5.28 Å². The summed E-state index contributed by atoms with van der Waals surface area (Å²) in [4.78, 5) is 28.1. The van der Waals surface area contributed by atoms with Gasteiger partial charge in [-0.25, -0.2) is 15.0 Å². The molecule has 0 fully saturated rings. The fourth-order valence-electron chi connectivity index (χ4n) is 2.18. The van der Waals surface area contributed by atoms with Crippen molar-refractivity contribution in [3.05, 3.63) is 34.9 Å². The first-order valence-corrected chi connectivity index (χ1v) is 7.70. The molecule has 0 radical (unpaired) electrons. The van der Waals surface area contributed by atoms with Gasteiger partial charge in [0, 0.05) is 45.4 Å². The molecule has 0 saturated carbocycles. The first-order valence-electron chi connectivity index (χ1n) is 7.32. The molecule has 0 aromatic carbocycles. The van der Waals surface area contributed by atoms with Gasteiger partial charge in [-0.15, -0.1) is 0 Å². The second kappa shape index (κ2) is 7.41. The molecule has 0 atom stereocenters. The Kier molecular flexibility index (Phi) is 5.54. The van der Waals surface area contributed by atoms with Crippen molar-refractivity contribution < 1.29 is 9.21 Å². The van der Waals surface area contributed by atoms with E-state index in [1.54, 1.807) is 18.1 Å². The zero-order valence-corrected chi connectivity index (χ0v) is 14.5. The van der Waals surface area contributed by atoms with E-state index >= 15 is 0 Å². The van der Waals surface area contributed by atoms with Gasteiger partial charge >= 0.3 is 0 Å². The minimum atomic E-state index is -0.151. The lowest BCUT2D eigenvalue weighted by Crippen LogP contribution is -2.35. The van der Waals surface area contributed by atoms with Crippen LogP contribution >= 0.6 is 11.6 Å². The maximum atomic E-state index is 12.4. The van der Waals surface area contributed by atoms with Gasteiger partial charge in [-0.05, 0) is 18.5 Å². The maximum absolute atomic E-state index is 12.4. The molecule has 0 saturated heterocycles. The highest BCUT2D eigenvalue weighted by Crippen LogP contribution is 2.16. The summed E-state index contributed by atoms with van der Waals surface area (Å²) >= 11 is 5.84. The average Bonchev–Trinajstić information content (AvgIpc) is 3.02. The largest absolute Gasteiger partial charge is 0.448 e. The number of rotatable bonds is 6. The third kappa shape index (κ3) is 3.98. The van der Waals surface area contributed by atoms with Crippen molar-refractivity contribution in [2.75, 3.05) is 32.1 Å². The van der Waals surface area contributed by atoms with E-state index in [4.69, 9.17) is 16.0 Å². The molecule has 0 spiro atoms. The highest BCUT2D eigenvalue weighted by atomic mass is 35.5. The first kappa shape index (κ1) is 17.2. The molecular weight excluding hydrogens is 318 g/mol. The van der Waals surface area contributed by atoms with Crippen LogP contribution in [0.3, 0.4) is 0 Å². The van der Waals surface area contributed by atoms with E-state index in [0.29, 0.717) is 31.0 Å². The zero-order valence-electron chi connectivity index (χ0n) is 13.7. The summed E-state index contributed by atoms with van der Waals surface area (Å²) in [6.07, 6.45) is 3.62. The molecule has 2 rings (SSSR count). The summed E-state index contributed by atoms with van der Waals surface area (Å²) in [6.45, 7) is 4.97. The number of amides is 1. The van der Waals surface area contributed by atoms with E-state index in [9.17, 15) is 4.79 Å². The summed E-state index contributed by atoms with van der Waals surface area (Å²) in [5.41, 5.74) is 1.30. The lowest BCUT2D eigenvalue weighted by atomic mass is 10.2. The van der Waals surface area contributed by atoms with Gasteiger partial charge in [-0.1, -0.05) is 6.92 Å². The predicted octanol–water partition coefficient (Wildman–Crippen LogP) is 2.20. The normalized spacial score (nSPS) is 10.7. The molecule has 124 valence electrons. The topological polar surface area (TPSA) is 75.4 Å². The Balaban J connectivity index is 1.99. The number of aromatic nitrogens is 3. The predicted molar refractivity (Wildman–Crippen MR) is 87.9 cm³/mol. The van der Waals surface area contributed by atoms with Crippen LogP contribution in [0.4, 0.5) is 5.82 Å². The molecular formula is C15H20ClN5O2. The number of likely N-dealkylation sites (N-methyl/N-ethyl adjacent to an activating group) is 2. The van der Waals surface area contributed by atoms with E-state index in [1.807, 2.05) is 25.8 Å². The Morgan fingerprint density at radius 2 is 2.04 bits per heavy atom. The molecule has 7 nitrogen and oxygen atoms in total. The third-order valence-corrected chi connectivity index (χ3v) is 3.74. The van der Waals surface area contributed by atoms with Gasteiger partial charge in [0.05, 0.1) is 0 Å². The van der Waals surface area contributed by atoms with E-state index < -0.39 is 0 Å². The van der Waals surface area contributed by atoms with Gasteiger partial charge in [-0.2, -0.15) is 0 Å². The Morgan fingerprint density at radius 3 is 2.74 bits per heavy atom. The van der Waals surface area contributed by atoms with Crippen molar-refractivity contribution in [3.63, 3.8) is 0 Å². The Morgan fingerprint density at radius 1 is 1.30 bits per heavy atom. The number of carbonyl (C=O) groups excluding carboxylic acids is 1. The lowest BCUT2D eigenvalue weighted by Gasteiger charge is -2.23. The molecule has 1 amide bonds. The molecule has 2 heterocycles. The van der Waals surface area contributed by atoms with E-state index in [2.05, 4.69) is 15.0 Å². The van der Waals surface area contributed by atoms with Crippen molar-refractivity contribution in [2.45, 2.75) is 20.3 Å². The Hall–Kier alpha value is -2.15. The fraction of sp³-hybridized carbons (Fsp3) is 0.467. The number of anilines is 1. The number of carbonyl (C=O) groups is 1. The summed E-state index contributed by atoms with van der Waals surface area (Å²) in [5.74, 6) is 1.21. The number of hydrogen-bond acceptors (Lipinski definition) is 6. The summed E-state index contributed by atoms with van der Waals surface area (Å²) in [5, 5.41) is 0.206. The van der Waals surface area contributed by atoms with E-state index in [1.165, 1.54) is 6.39 Å².